The normalized spacial score (nSPS) is 16.6. The number of halogens is 2. The number of anilines is 2. The lowest BCUT2D eigenvalue weighted by atomic mass is 10.1. The van der Waals surface area contributed by atoms with Crippen molar-refractivity contribution >= 4 is 52.1 Å². The molecular formula is C17H13Cl2N3O4. The molecule has 1 fully saturated rings. The van der Waals surface area contributed by atoms with Crippen LogP contribution in [0, 0.1) is 16.0 Å². The molecule has 7 nitrogen and oxygen atoms in total. The molecule has 2 aromatic rings. The Morgan fingerprint density at radius 2 is 2.00 bits per heavy atom. The summed E-state index contributed by atoms with van der Waals surface area (Å²) in [5, 5.41) is 14.0. The summed E-state index contributed by atoms with van der Waals surface area (Å²) in [6.07, 6.45) is 0.0496. The largest absolute Gasteiger partial charge is 0.326 e. The van der Waals surface area contributed by atoms with E-state index in [1.54, 1.807) is 24.3 Å². The van der Waals surface area contributed by atoms with Crippen LogP contribution < -0.4 is 10.2 Å². The van der Waals surface area contributed by atoms with E-state index in [1.807, 2.05) is 0 Å². The van der Waals surface area contributed by atoms with Gasteiger partial charge in [-0.3, -0.25) is 19.7 Å². The van der Waals surface area contributed by atoms with Crippen LogP contribution in [0.4, 0.5) is 17.1 Å². The summed E-state index contributed by atoms with van der Waals surface area (Å²) in [5.74, 6) is -1.15. The third-order valence-corrected chi connectivity index (χ3v) is 4.58. The van der Waals surface area contributed by atoms with Crippen molar-refractivity contribution in [2.24, 2.45) is 5.92 Å². The van der Waals surface area contributed by atoms with E-state index in [2.05, 4.69) is 5.32 Å². The van der Waals surface area contributed by atoms with Crippen LogP contribution in [0.15, 0.2) is 42.5 Å². The average molecular weight is 394 g/mol. The van der Waals surface area contributed by atoms with E-state index in [-0.39, 0.29) is 41.2 Å². The van der Waals surface area contributed by atoms with Gasteiger partial charge in [-0.1, -0.05) is 29.3 Å². The van der Waals surface area contributed by atoms with Crippen LogP contribution in [0.5, 0.6) is 0 Å². The van der Waals surface area contributed by atoms with Gasteiger partial charge in [-0.25, -0.2) is 0 Å². The molecule has 9 heteroatoms. The van der Waals surface area contributed by atoms with Gasteiger partial charge in [-0.15, -0.1) is 0 Å². The predicted molar refractivity (Wildman–Crippen MR) is 98.6 cm³/mol. The predicted octanol–water partition coefficient (Wildman–Crippen LogP) is 3.89. The lowest BCUT2D eigenvalue weighted by Crippen LogP contribution is -2.28. The highest BCUT2D eigenvalue weighted by Gasteiger charge is 2.35. The Morgan fingerprint density at radius 3 is 2.69 bits per heavy atom. The first-order valence-electron chi connectivity index (χ1n) is 7.66. The Balaban J connectivity index is 1.72. The maximum atomic E-state index is 12.5. The molecule has 0 unspecified atom stereocenters. The molecular weight excluding hydrogens is 381 g/mol. The van der Waals surface area contributed by atoms with Crippen molar-refractivity contribution < 1.29 is 14.5 Å². The number of amides is 2. The second-order valence-corrected chi connectivity index (χ2v) is 6.64. The van der Waals surface area contributed by atoms with E-state index in [1.165, 1.54) is 23.1 Å². The van der Waals surface area contributed by atoms with Crippen molar-refractivity contribution in [3.8, 4) is 0 Å². The van der Waals surface area contributed by atoms with E-state index >= 15 is 0 Å². The minimum atomic E-state index is -0.627. The third-order valence-electron chi connectivity index (χ3n) is 4.03. The number of carbonyl (C=O) groups excluding carboxylic acids is 2. The van der Waals surface area contributed by atoms with Gasteiger partial charge in [0.25, 0.3) is 5.69 Å². The summed E-state index contributed by atoms with van der Waals surface area (Å²) in [6.45, 7) is 0.209. The van der Waals surface area contributed by atoms with Gasteiger partial charge >= 0.3 is 0 Å². The van der Waals surface area contributed by atoms with Gasteiger partial charge < -0.3 is 10.2 Å². The fourth-order valence-electron chi connectivity index (χ4n) is 2.75. The Hall–Kier alpha value is -2.64. The summed E-state index contributed by atoms with van der Waals surface area (Å²) < 4.78 is 0. The van der Waals surface area contributed by atoms with E-state index in [4.69, 9.17) is 23.2 Å². The molecule has 0 aliphatic carbocycles. The zero-order valence-corrected chi connectivity index (χ0v) is 14.8. The number of hydrogen-bond acceptors (Lipinski definition) is 4. The van der Waals surface area contributed by atoms with Crippen molar-refractivity contribution in [3.05, 3.63) is 62.6 Å². The Morgan fingerprint density at radius 1 is 1.23 bits per heavy atom. The Kier molecular flexibility index (Phi) is 5.11. The van der Waals surface area contributed by atoms with Gasteiger partial charge in [-0.2, -0.15) is 0 Å². The van der Waals surface area contributed by atoms with Gasteiger partial charge in [0.15, 0.2) is 0 Å². The fourth-order valence-corrected chi connectivity index (χ4v) is 3.12. The molecule has 0 aromatic heterocycles. The fraction of sp³-hybridized carbons (Fsp3) is 0.176. The molecule has 1 N–H and O–H groups in total. The van der Waals surface area contributed by atoms with E-state index in [0.29, 0.717) is 10.7 Å². The van der Waals surface area contributed by atoms with E-state index in [9.17, 15) is 19.7 Å². The van der Waals surface area contributed by atoms with Gasteiger partial charge in [0.05, 0.1) is 10.8 Å². The number of nitro benzene ring substituents is 1. The van der Waals surface area contributed by atoms with Crippen LogP contribution in [0.25, 0.3) is 0 Å². The van der Waals surface area contributed by atoms with E-state index in [0.717, 1.165) is 0 Å². The van der Waals surface area contributed by atoms with Crippen molar-refractivity contribution in [2.45, 2.75) is 6.42 Å². The SMILES string of the molecule is O=C(Nc1ccc(Cl)c([N+](=O)[O-])c1)[C@@H]1CC(=O)N(c2cccc(Cl)c2)C1. The molecule has 0 saturated carbocycles. The molecule has 0 spiro atoms. The number of nitrogens with zero attached hydrogens (tertiary/aromatic N) is 2. The van der Waals surface area contributed by atoms with Crippen LogP contribution in [0.1, 0.15) is 6.42 Å². The van der Waals surface area contributed by atoms with Crippen LogP contribution in [-0.2, 0) is 9.59 Å². The molecule has 1 atom stereocenters. The lowest BCUT2D eigenvalue weighted by molar-refractivity contribution is -0.384. The topological polar surface area (TPSA) is 92.5 Å². The molecule has 0 bridgehead atoms. The number of hydrogen-bond donors (Lipinski definition) is 1. The van der Waals surface area contributed by atoms with Crippen LogP contribution in [0.3, 0.4) is 0 Å². The van der Waals surface area contributed by atoms with Gasteiger partial charge in [-0.05, 0) is 30.3 Å². The standard InChI is InChI=1S/C17H13Cl2N3O4/c18-11-2-1-3-13(7-11)21-9-10(6-16(21)23)17(24)20-12-4-5-14(19)15(8-12)22(25)26/h1-5,7-8,10H,6,9H2,(H,20,24)/t10-/m1/s1. The zero-order chi connectivity index (χ0) is 18.8. The Bertz CT molecular complexity index is 903. The first-order chi connectivity index (χ1) is 12.3. The first-order valence-corrected chi connectivity index (χ1v) is 8.41. The number of nitro groups is 1. The second kappa shape index (κ2) is 7.31. The summed E-state index contributed by atoms with van der Waals surface area (Å²) in [5.41, 5.74) is 0.576. The smallest absolute Gasteiger partial charge is 0.289 e. The molecule has 3 rings (SSSR count). The lowest BCUT2D eigenvalue weighted by Gasteiger charge is -2.17. The maximum Gasteiger partial charge on any atom is 0.289 e. The maximum absolute atomic E-state index is 12.5. The number of rotatable bonds is 4. The van der Waals surface area contributed by atoms with Crippen molar-refractivity contribution in [1.29, 1.82) is 0 Å². The number of carbonyl (C=O) groups is 2. The highest BCUT2D eigenvalue weighted by Crippen LogP contribution is 2.30. The second-order valence-electron chi connectivity index (χ2n) is 5.80. The first kappa shape index (κ1) is 18.2. The molecule has 0 radical (unpaired) electrons. The number of nitrogens with one attached hydrogen (secondary N) is 1. The molecule has 1 saturated heterocycles. The molecule has 2 aromatic carbocycles. The van der Waals surface area contributed by atoms with E-state index < -0.39 is 10.8 Å². The number of benzene rings is 2. The van der Waals surface area contributed by atoms with Gasteiger partial charge in [0, 0.05) is 35.4 Å². The molecule has 1 heterocycles. The average Bonchev–Trinajstić information content (AvgIpc) is 2.98. The summed E-state index contributed by atoms with van der Waals surface area (Å²) in [6, 6.07) is 10.8. The van der Waals surface area contributed by atoms with Crippen molar-refractivity contribution in [3.63, 3.8) is 0 Å². The summed E-state index contributed by atoms with van der Waals surface area (Å²) in [4.78, 5) is 36.5. The van der Waals surface area contributed by atoms with Gasteiger partial charge in [0.2, 0.25) is 11.8 Å². The van der Waals surface area contributed by atoms with Crippen molar-refractivity contribution in [2.75, 3.05) is 16.8 Å². The summed E-state index contributed by atoms with van der Waals surface area (Å²) in [7, 11) is 0. The van der Waals surface area contributed by atoms with Crippen LogP contribution >= 0.6 is 23.2 Å². The minimum Gasteiger partial charge on any atom is -0.326 e. The monoisotopic (exact) mass is 393 g/mol. The minimum absolute atomic E-state index is 0.0174. The highest BCUT2D eigenvalue weighted by molar-refractivity contribution is 6.32. The molecule has 26 heavy (non-hydrogen) atoms. The van der Waals surface area contributed by atoms with Crippen LogP contribution in [0.2, 0.25) is 10.0 Å². The summed E-state index contributed by atoms with van der Waals surface area (Å²) >= 11 is 11.7. The Labute approximate surface area is 158 Å². The molecule has 2 amide bonds. The molecule has 134 valence electrons. The molecule has 1 aliphatic heterocycles. The molecule has 1 aliphatic rings. The van der Waals surface area contributed by atoms with Crippen LogP contribution in [-0.4, -0.2) is 23.3 Å². The quantitative estimate of drug-likeness (QED) is 0.629. The highest BCUT2D eigenvalue weighted by atomic mass is 35.5. The zero-order valence-electron chi connectivity index (χ0n) is 13.3. The van der Waals surface area contributed by atoms with Crippen molar-refractivity contribution in [1.82, 2.24) is 0 Å². The van der Waals surface area contributed by atoms with Gasteiger partial charge in [0.1, 0.15) is 5.02 Å². The third kappa shape index (κ3) is 3.79.